The van der Waals surface area contributed by atoms with Crippen molar-refractivity contribution in [3.05, 3.63) is 57.4 Å². The van der Waals surface area contributed by atoms with E-state index in [0.29, 0.717) is 26.7 Å². The first-order chi connectivity index (χ1) is 11.1. The van der Waals surface area contributed by atoms with Crippen LogP contribution < -0.4 is 5.56 Å². The molecule has 23 heavy (non-hydrogen) atoms. The topological polar surface area (TPSA) is 55.1 Å². The highest BCUT2D eigenvalue weighted by atomic mass is 32.2. The molecule has 3 aromatic rings. The maximum absolute atomic E-state index is 13.7. The third kappa shape index (κ3) is 3.46. The van der Waals surface area contributed by atoms with Crippen LogP contribution in [0.2, 0.25) is 0 Å². The molecule has 2 aromatic heterocycles. The summed E-state index contributed by atoms with van der Waals surface area (Å²) in [4.78, 5) is 17.1. The number of aromatic nitrogens is 2. The normalized spacial score (nSPS) is 12.7. The molecule has 1 N–H and O–H groups in total. The lowest BCUT2D eigenvalue weighted by Gasteiger charge is -2.13. The van der Waals surface area contributed by atoms with E-state index in [9.17, 15) is 14.3 Å². The number of fused-ring (bicyclic) bond motifs is 1. The van der Waals surface area contributed by atoms with E-state index in [2.05, 4.69) is 4.98 Å². The van der Waals surface area contributed by atoms with Gasteiger partial charge in [0.2, 0.25) is 0 Å². The van der Waals surface area contributed by atoms with Crippen molar-refractivity contribution in [2.75, 3.05) is 0 Å². The van der Waals surface area contributed by atoms with Crippen LogP contribution in [-0.4, -0.2) is 20.8 Å². The molecule has 0 radical (unpaired) electrons. The zero-order valence-electron chi connectivity index (χ0n) is 12.4. The average molecular weight is 350 g/mol. The highest BCUT2D eigenvalue weighted by molar-refractivity contribution is 7.98. The van der Waals surface area contributed by atoms with Gasteiger partial charge in [0, 0.05) is 5.75 Å². The minimum Gasteiger partial charge on any atom is -0.392 e. The Hall–Kier alpha value is -1.70. The summed E-state index contributed by atoms with van der Waals surface area (Å²) in [5, 5.41) is 12.0. The van der Waals surface area contributed by atoms with Gasteiger partial charge in [-0.2, -0.15) is 0 Å². The molecule has 1 unspecified atom stereocenters. The zero-order valence-corrected chi connectivity index (χ0v) is 14.0. The van der Waals surface area contributed by atoms with Crippen LogP contribution in [0.5, 0.6) is 0 Å². The molecule has 0 saturated heterocycles. The molecule has 1 atom stereocenters. The fraction of sp³-hybridized carbons (Fsp3) is 0.250. The van der Waals surface area contributed by atoms with Crippen LogP contribution in [-0.2, 0) is 12.3 Å². The summed E-state index contributed by atoms with van der Waals surface area (Å²) in [5.41, 5.74) is 1.03. The largest absolute Gasteiger partial charge is 0.392 e. The number of aliphatic hydroxyl groups excluding tert-OH is 1. The highest BCUT2D eigenvalue weighted by Gasteiger charge is 2.14. The molecule has 1 aromatic carbocycles. The molecule has 3 rings (SSSR count). The van der Waals surface area contributed by atoms with Crippen molar-refractivity contribution in [3.63, 3.8) is 0 Å². The maximum Gasteiger partial charge on any atom is 0.272 e. The second-order valence-electron chi connectivity index (χ2n) is 5.17. The van der Waals surface area contributed by atoms with Crippen molar-refractivity contribution in [3.8, 4) is 0 Å². The Kier molecular flexibility index (Phi) is 4.79. The number of hydrogen-bond acceptors (Lipinski definition) is 5. The van der Waals surface area contributed by atoms with Crippen molar-refractivity contribution in [1.29, 1.82) is 0 Å². The number of halogens is 1. The number of aliphatic hydroxyl groups is 1. The molecule has 7 heteroatoms. The molecule has 0 aliphatic carbocycles. The maximum atomic E-state index is 13.7. The van der Waals surface area contributed by atoms with Crippen LogP contribution in [0.4, 0.5) is 4.39 Å². The van der Waals surface area contributed by atoms with Gasteiger partial charge in [-0.15, -0.1) is 11.3 Å². The summed E-state index contributed by atoms with van der Waals surface area (Å²) in [6.45, 7) is 1.79. The minimum atomic E-state index is -0.667. The second kappa shape index (κ2) is 6.82. The van der Waals surface area contributed by atoms with E-state index >= 15 is 0 Å². The van der Waals surface area contributed by atoms with E-state index in [1.807, 2.05) is 5.38 Å². The first kappa shape index (κ1) is 16.2. The summed E-state index contributed by atoms with van der Waals surface area (Å²) in [5.74, 6) is 0.0928. The second-order valence-corrected chi connectivity index (χ2v) is 7.03. The molecule has 4 nitrogen and oxygen atoms in total. The van der Waals surface area contributed by atoms with Gasteiger partial charge in [0.15, 0.2) is 5.16 Å². The minimum absolute atomic E-state index is 0.165. The number of rotatable bonds is 5. The fourth-order valence-corrected chi connectivity index (χ4v) is 3.99. The molecule has 0 fully saturated rings. The Balaban J connectivity index is 1.98. The van der Waals surface area contributed by atoms with Gasteiger partial charge in [0.05, 0.1) is 18.2 Å². The molecular weight excluding hydrogens is 335 g/mol. The summed E-state index contributed by atoms with van der Waals surface area (Å²) >= 11 is 2.63. The predicted octanol–water partition coefficient (Wildman–Crippen LogP) is 3.27. The van der Waals surface area contributed by atoms with Gasteiger partial charge in [-0.3, -0.25) is 9.36 Å². The average Bonchev–Trinajstić information content (AvgIpc) is 2.98. The van der Waals surface area contributed by atoms with Crippen molar-refractivity contribution in [2.24, 2.45) is 0 Å². The Bertz CT molecular complexity index is 889. The molecule has 0 aliphatic rings. The van der Waals surface area contributed by atoms with Crippen molar-refractivity contribution in [1.82, 2.24) is 9.55 Å². The van der Waals surface area contributed by atoms with E-state index in [1.165, 1.54) is 33.7 Å². The smallest absolute Gasteiger partial charge is 0.272 e. The first-order valence-electron chi connectivity index (χ1n) is 7.08. The Morgan fingerprint density at radius 1 is 1.39 bits per heavy atom. The summed E-state index contributed by atoms with van der Waals surface area (Å²) < 4.78 is 15.8. The molecule has 0 spiro atoms. The lowest BCUT2D eigenvalue weighted by Crippen LogP contribution is -2.27. The standard InChI is InChI=1S/C16H15FN2O2S2/c1-10(20)8-19-15(21)14-13(6-7-22-14)18-16(19)23-9-11-4-2-3-5-12(11)17/h2-7,10,20H,8-9H2,1H3. The molecule has 0 amide bonds. The van der Waals surface area contributed by atoms with E-state index in [1.54, 1.807) is 31.2 Å². The van der Waals surface area contributed by atoms with E-state index < -0.39 is 6.10 Å². The predicted molar refractivity (Wildman–Crippen MR) is 91.5 cm³/mol. The van der Waals surface area contributed by atoms with Crippen LogP contribution in [0.1, 0.15) is 12.5 Å². The van der Waals surface area contributed by atoms with Crippen molar-refractivity contribution >= 4 is 33.3 Å². The van der Waals surface area contributed by atoms with Crippen LogP contribution >= 0.6 is 23.1 Å². The van der Waals surface area contributed by atoms with Gasteiger partial charge >= 0.3 is 0 Å². The summed E-state index contributed by atoms with van der Waals surface area (Å²) in [7, 11) is 0. The van der Waals surface area contributed by atoms with Gasteiger partial charge in [-0.05, 0) is 30.0 Å². The third-order valence-electron chi connectivity index (χ3n) is 3.29. The summed E-state index contributed by atoms with van der Waals surface area (Å²) in [6.07, 6.45) is -0.667. The fourth-order valence-electron chi connectivity index (χ4n) is 2.22. The first-order valence-corrected chi connectivity index (χ1v) is 8.95. The molecular formula is C16H15FN2O2S2. The van der Waals surface area contributed by atoms with Crippen molar-refractivity contribution in [2.45, 2.75) is 30.5 Å². The van der Waals surface area contributed by atoms with E-state index in [0.717, 1.165) is 0 Å². The number of hydrogen-bond donors (Lipinski definition) is 1. The number of benzene rings is 1. The highest BCUT2D eigenvalue weighted by Crippen LogP contribution is 2.25. The quantitative estimate of drug-likeness (QED) is 0.567. The molecule has 0 saturated carbocycles. The number of thioether (sulfide) groups is 1. The zero-order chi connectivity index (χ0) is 16.4. The molecule has 0 bridgehead atoms. The number of thiophene rings is 1. The lowest BCUT2D eigenvalue weighted by atomic mass is 10.2. The van der Waals surface area contributed by atoms with Gasteiger partial charge in [0.1, 0.15) is 10.5 Å². The third-order valence-corrected chi connectivity index (χ3v) is 5.21. The van der Waals surface area contributed by atoms with Crippen LogP contribution in [0, 0.1) is 5.82 Å². The molecule has 0 aliphatic heterocycles. The SMILES string of the molecule is CC(O)Cn1c(SCc2ccccc2F)nc2ccsc2c1=O. The Morgan fingerprint density at radius 2 is 2.17 bits per heavy atom. The van der Waals surface area contributed by atoms with Gasteiger partial charge in [0.25, 0.3) is 5.56 Å². The van der Waals surface area contributed by atoms with Crippen molar-refractivity contribution < 1.29 is 9.50 Å². The Labute approximate surface area is 140 Å². The number of nitrogens with zero attached hydrogens (tertiary/aromatic N) is 2. The van der Waals surface area contributed by atoms with E-state index in [4.69, 9.17) is 0 Å². The van der Waals surface area contributed by atoms with Crippen LogP contribution in [0.3, 0.4) is 0 Å². The van der Waals surface area contributed by atoms with E-state index in [-0.39, 0.29) is 17.9 Å². The monoisotopic (exact) mass is 350 g/mol. The molecule has 120 valence electrons. The Morgan fingerprint density at radius 3 is 2.91 bits per heavy atom. The summed E-state index contributed by atoms with van der Waals surface area (Å²) in [6, 6.07) is 8.33. The van der Waals surface area contributed by atoms with Crippen LogP contribution in [0.15, 0.2) is 45.7 Å². The van der Waals surface area contributed by atoms with Crippen LogP contribution in [0.25, 0.3) is 10.2 Å². The lowest BCUT2D eigenvalue weighted by molar-refractivity contribution is 0.168. The molecule has 2 heterocycles. The van der Waals surface area contributed by atoms with Gasteiger partial charge < -0.3 is 5.11 Å². The van der Waals surface area contributed by atoms with Gasteiger partial charge in [-0.1, -0.05) is 30.0 Å². The van der Waals surface area contributed by atoms with Gasteiger partial charge in [-0.25, -0.2) is 9.37 Å².